The Morgan fingerprint density at radius 2 is 2.10 bits per heavy atom. The Balaban J connectivity index is 3.02. The molecule has 0 aliphatic rings. The number of aromatic nitrogens is 2. The molecule has 2 unspecified atom stereocenters. The molecule has 0 bridgehead atoms. The molecule has 0 spiro atoms. The van der Waals surface area contributed by atoms with Crippen molar-refractivity contribution in [2.45, 2.75) is 58.6 Å². The van der Waals surface area contributed by atoms with Gasteiger partial charge in [0.25, 0.3) is 0 Å². The van der Waals surface area contributed by atoms with Gasteiger partial charge in [0.2, 0.25) is 0 Å². The van der Waals surface area contributed by atoms with E-state index in [1.54, 1.807) is 0 Å². The molecule has 6 heteroatoms. The van der Waals surface area contributed by atoms with E-state index in [9.17, 15) is 0 Å². The predicted molar refractivity (Wildman–Crippen MR) is 85.4 cm³/mol. The molecular weight excluding hydrogens is 320 g/mol. The number of nitrogens with two attached hydrogens (primary N) is 1. The maximum atomic E-state index is 5.93. The lowest BCUT2D eigenvalue weighted by atomic mass is 9.90. The summed E-state index contributed by atoms with van der Waals surface area (Å²) in [6, 6.07) is 0.0313. The Morgan fingerprint density at radius 3 is 2.50 bits per heavy atom. The number of nitrogens with one attached hydrogen (secondary N) is 1. The van der Waals surface area contributed by atoms with Gasteiger partial charge in [-0.15, -0.1) is 0 Å². The molecule has 1 aromatic heterocycles. The molecule has 1 heterocycles. The van der Waals surface area contributed by atoms with Crippen LogP contribution in [-0.4, -0.2) is 28.0 Å². The summed E-state index contributed by atoms with van der Waals surface area (Å²) in [6.07, 6.45) is 2.57. The topological polar surface area (TPSA) is 65.1 Å². The zero-order valence-corrected chi connectivity index (χ0v) is 14.7. The number of ether oxygens (including phenoxy) is 1. The zero-order valence-electron chi connectivity index (χ0n) is 13.2. The van der Waals surface area contributed by atoms with Gasteiger partial charge in [0.05, 0.1) is 27.5 Å². The molecule has 116 valence electrons. The lowest BCUT2D eigenvalue weighted by molar-refractivity contribution is -0.0554. The molecule has 5 nitrogen and oxygen atoms in total. The standard InChI is InChI=1S/C14H27BrN4O/c1-6-10-13(15)11(19(5)18-10)9-12(17-16)14(4,7-2)20-8-3/h12,17H,6-9,16H2,1-5H3. The molecule has 1 rings (SSSR count). The number of halogens is 1. The van der Waals surface area contributed by atoms with E-state index in [0.717, 1.165) is 35.1 Å². The third kappa shape index (κ3) is 3.61. The van der Waals surface area contributed by atoms with Crippen molar-refractivity contribution in [2.75, 3.05) is 6.61 Å². The number of hydrogen-bond acceptors (Lipinski definition) is 4. The monoisotopic (exact) mass is 346 g/mol. The smallest absolute Gasteiger partial charge is 0.0821 e. The van der Waals surface area contributed by atoms with E-state index < -0.39 is 0 Å². The fraction of sp³-hybridized carbons (Fsp3) is 0.786. The Morgan fingerprint density at radius 1 is 1.45 bits per heavy atom. The van der Waals surface area contributed by atoms with Crippen molar-refractivity contribution in [3.05, 3.63) is 15.9 Å². The highest BCUT2D eigenvalue weighted by Crippen LogP contribution is 2.27. The lowest BCUT2D eigenvalue weighted by Crippen LogP contribution is -2.54. The highest BCUT2D eigenvalue weighted by atomic mass is 79.9. The van der Waals surface area contributed by atoms with E-state index in [0.29, 0.717) is 6.61 Å². The first-order chi connectivity index (χ1) is 9.43. The Kier molecular flexibility index (Phi) is 6.64. The van der Waals surface area contributed by atoms with Gasteiger partial charge in [-0.3, -0.25) is 16.0 Å². The van der Waals surface area contributed by atoms with Gasteiger partial charge in [0.15, 0.2) is 0 Å². The van der Waals surface area contributed by atoms with E-state index in [1.807, 2.05) is 18.7 Å². The molecule has 1 aromatic rings. The van der Waals surface area contributed by atoms with Crippen LogP contribution in [0.15, 0.2) is 4.47 Å². The Hall–Kier alpha value is -0.430. The van der Waals surface area contributed by atoms with Crippen molar-refractivity contribution in [3.63, 3.8) is 0 Å². The summed E-state index contributed by atoms with van der Waals surface area (Å²) >= 11 is 3.65. The number of hydrogen-bond donors (Lipinski definition) is 2. The van der Waals surface area contributed by atoms with Crippen LogP contribution in [0.1, 0.15) is 45.5 Å². The SMILES string of the molecule is CCOC(C)(CC)C(Cc1c(Br)c(CC)nn1C)NN. The van der Waals surface area contributed by atoms with E-state index in [1.165, 1.54) is 0 Å². The first-order valence-corrected chi connectivity index (χ1v) is 8.03. The van der Waals surface area contributed by atoms with Gasteiger partial charge < -0.3 is 4.74 Å². The molecule has 20 heavy (non-hydrogen) atoms. The quantitative estimate of drug-likeness (QED) is 0.560. The van der Waals surface area contributed by atoms with Crippen LogP contribution in [0.4, 0.5) is 0 Å². The molecule has 0 aromatic carbocycles. The molecule has 0 aliphatic heterocycles. The molecule has 0 saturated carbocycles. The first kappa shape index (κ1) is 17.6. The van der Waals surface area contributed by atoms with E-state index >= 15 is 0 Å². The number of rotatable bonds is 8. The lowest BCUT2D eigenvalue weighted by Gasteiger charge is -2.36. The fourth-order valence-corrected chi connectivity index (χ4v) is 3.24. The first-order valence-electron chi connectivity index (χ1n) is 7.23. The average molecular weight is 347 g/mol. The van der Waals surface area contributed by atoms with Crippen LogP contribution in [0.2, 0.25) is 0 Å². The summed E-state index contributed by atoms with van der Waals surface area (Å²) in [5.74, 6) is 5.78. The Labute approximate surface area is 130 Å². The number of hydrazine groups is 1. The largest absolute Gasteiger partial charge is 0.374 e. The van der Waals surface area contributed by atoms with Crippen molar-refractivity contribution in [1.29, 1.82) is 0 Å². The normalized spacial score (nSPS) is 16.1. The molecule has 3 N–H and O–H groups in total. The maximum absolute atomic E-state index is 5.93. The molecule has 0 fully saturated rings. The van der Waals surface area contributed by atoms with E-state index in [-0.39, 0.29) is 11.6 Å². The minimum absolute atomic E-state index is 0.0313. The van der Waals surface area contributed by atoms with Gasteiger partial charge in [0.1, 0.15) is 0 Å². The summed E-state index contributed by atoms with van der Waals surface area (Å²) in [4.78, 5) is 0. The summed E-state index contributed by atoms with van der Waals surface area (Å²) in [5, 5.41) is 4.53. The van der Waals surface area contributed by atoms with Crippen molar-refractivity contribution >= 4 is 15.9 Å². The number of aryl methyl sites for hydroxylation is 2. The Bertz CT molecular complexity index is 435. The van der Waals surface area contributed by atoms with Crippen LogP contribution in [0.25, 0.3) is 0 Å². The molecule has 0 amide bonds. The van der Waals surface area contributed by atoms with Crippen molar-refractivity contribution in [1.82, 2.24) is 15.2 Å². The van der Waals surface area contributed by atoms with Crippen LogP contribution in [0, 0.1) is 0 Å². The van der Waals surface area contributed by atoms with Gasteiger partial charge in [-0.2, -0.15) is 5.10 Å². The highest BCUT2D eigenvalue weighted by Gasteiger charge is 2.34. The fourth-order valence-electron chi connectivity index (χ4n) is 2.46. The van der Waals surface area contributed by atoms with Gasteiger partial charge in [0, 0.05) is 20.1 Å². The van der Waals surface area contributed by atoms with Crippen LogP contribution >= 0.6 is 15.9 Å². The summed E-state index contributed by atoms with van der Waals surface area (Å²) < 4.78 is 8.94. The summed E-state index contributed by atoms with van der Waals surface area (Å²) in [5.41, 5.74) is 4.85. The van der Waals surface area contributed by atoms with Crippen LogP contribution < -0.4 is 11.3 Å². The number of nitrogens with zero attached hydrogens (tertiary/aromatic N) is 2. The van der Waals surface area contributed by atoms with Crippen molar-refractivity contribution in [3.8, 4) is 0 Å². The van der Waals surface area contributed by atoms with Crippen molar-refractivity contribution in [2.24, 2.45) is 12.9 Å². The third-order valence-corrected chi connectivity index (χ3v) is 4.93. The van der Waals surface area contributed by atoms with Gasteiger partial charge in [-0.05, 0) is 42.6 Å². The molecule has 0 radical (unpaired) electrons. The third-order valence-electron chi connectivity index (χ3n) is 4.01. The average Bonchev–Trinajstić information content (AvgIpc) is 2.71. The van der Waals surface area contributed by atoms with Crippen LogP contribution in [0.3, 0.4) is 0 Å². The maximum Gasteiger partial charge on any atom is 0.0821 e. The second-order valence-corrected chi connectivity index (χ2v) is 6.00. The molecule has 2 atom stereocenters. The summed E-state index contributed by atoms with van der Waals surface area (Å²) in [6.45, 7) is 9.01. The highest BCUT2D eigenvalue weighted by molar-refractivity contribution is 9.10. The zero-order chi connectivity index (χ0) is 15.3. The second kappa shape index (κ2) is 7.54. The minimum Gasteiger partial charge on any atom is -0.374 e. The minimum atomic E-state index is -0.292. The predicted octanol–water partition coefficient (Wildman–Crippen LogP) is 2.32. The van der Waals surface area contributed by atoms with Crippen LogP contribution in [-0.2, 0) is 24.6 Å². The van der Waals surface area contributed by atoms with E-state index in [4.69, 9.17) is 10.6 Å². The molecule has 0 aliphatic carbocycles. The van der Waals surface area contributed by atoms with Gasteiger partial charge in [-0.25, -0.2) is 0 Å². The van der Waals surface area contributed by atoms with Gasteiger partial charge >= 0.3 is 0 Å². The van der Waals surface area contributed by atoms with Crippen LogP contribution in [0.5, 0.6) is 0 Å². The van der Waals surface area contributed by atoms with Crippen molar-refractivity contribution < 1.29 is 4.74 Å². The van der Waals surface area contributed by atoms with Gasteiger partial charge in [-0.1, -0.05) is 13.8 Å². The molecular formula is C14H27BrN4O. The second-order valence-electron chi connectivity index (χ2n) is 5.21. The molecule has 0 saturated heterocycles. The summed E-state index contributed by atoms with van der Waals surface area (Å²) in [7, 11) is 1.97. The van der Waals surface area contributed by atoms with E-state index in [2.05, 4.69) is 47.2 Å².